The van der Waals surface area contributed by atoms with Crippen LogP contribution in [0.2, 0.25) is 0 Å². The van der Waals surface area contributed by atoms with Crippen LogP contribution >= 0.6 is 0 Å². The number of carbonyl (C=O) groups is 1. The monoisotopic (exact) mass is 397 g/mol. The third-order valence-corrected chi connectivity index (χ3v) is 7.00. The molecule has 5 nitrogen and oxygen atoms in total. The van der Waals surface area contributed by atoms with E-state index in [2.05, 4.69) is 25.7 Å². The van der Waals surface area contributed by atoms with Crippen molar-refractivity contribution in [3.05, 3.63) is 39.2 Å². The lowest BCUT2D eigenvalue weighted by Gasteiger charge is -2.39. The van der Waals surface area contributed by atoms with Crippen LogP contribution in [0, 0.1) is 24.7 Å². The first-order valence-corrected chi connectivity index (χ1v) is 10.5. The fraction of sp³-hybridized carbons (Fsp3) is 0.583. The third kappa shape index (κ3) is 3.45. The molecule has 0 radical (unpaired) electrons. The Morgan fingerprint density at radius 1 is 1.21 bits per heavy atom. The molecule has 2 aromatic rings. The van der Waals surface area contributed by atoms with Gasteiger partial charge in [-0.1, -0.05) is 20.8 Å². The lowest BCUT2D eigenvalue weighted by Crippen LogP contribution is -2.38. The van der Waals surface area contributed by atoms with Gasteiger partial charge in [-0.25, -0.2) is 4.79 Å². The first-order valence-electron chi connectivity index (χ1n) is 10.5. The zero-order valence-electron chi connectivity index (χ0n) is 18.1. The molecule has 29 heavy (non-hydrogen) atoms. The minimum Gasteiger partial charge on any atom is -0.508 e. The molecule has 1 saturated heterocycles. The maximum Gasteiger partial charge on any atom is 0.339 e. The second-order valence-electron chi connectivity index (χ2n) is 10.3. The Bertz CT molecular complexity index is 1050. The first-order chi connectivity index (χ1) is 13.5. The van der Waals surface area contributed by atoms with E-state index >= 15 is 0 Å². The normalized spacial score (nSPS) is 25.6. The molecule has 1 aliphatic heterocycles. The Morgan fingerprint density at radius 2 is 1.93 bits per heavy atom. The molecule has 0 unspecified atom stereocenters. The summed E-state index contributed by atoms with van der Waals surface area (Å²) in [6.45, 7) is 11.3. The molecular weight excluding hydrogens is 366 g/mol. The van der Waals surface area contributed by atoms with Crippen LogP contribution in [0.15, 0.2) is 21.3 Å². The number of carbonyl (C=O) groups excluding carboxylic acids is 1. The van der Waals surface area contributed by atoms with E-state index in [4.69, 9.17) is 4.42 Å². The maximum atomic E-state index is 13.1. The predicted octanol–water partition coefficient (Wildman–Crippen LogP) is 4.48. The van der Waals surface area contributed by atoms with Crippen LogP contribution in [0.1, 0.15) is 63.1 Å². The van der Waals surface area contributed by atoms with E-state index in [1.54, 1.807) is 19.1 Å². The largest absolute Gasteiger partial charge is 0.508 e. The minimum atomic E-state index is -0.412. The molecule has 1 saturated carbocycles. The number of amides is 1. The fourth-order valence-electron chi connectivity index (χ4n) is 5.99. The summed E-state index contributed by atoms with van der Waals surface area (Å²) in [6, 6.07) is 3.70. The molecular formula is C24H31NO4. The van der Waals surface area contributed by atoms with Crippen molar-refractivity contribution in [2.24, 2.45) is 10.8 Å². The number of aryl methyl sites for hydroxylation is 2. The van der Waals surface area contributed by atoms with Crippen LogP contribution in [-0.4, -0.2) is 28.5 Å². The van der Waals surface area contributed by atoms with Gasteiger partial charge in [-0.15, -0.1) is 0 Å². The summed E-state index contributed by atoms with van der Waals surface area (Å²) in [5.41, 5.74) is 2.44. The summed E-state index contributed by atoms with van der Waals surface area (Å²) in [7, 11) is 0. The van der Waals surface area contributed by atoms with Crippen molar-refractivity contribution in [2.75, 3.05) is 6.54 Å². The van der Waals surface area contributed by atoms with Crippen molar-refractivity contribution in [2.45, 2.75) is 72.8 Å². The van der Waals surface area contributed by atoms with Gasteiger partial charge in [0.2, 0.25) is 5.91 Å². The topological polar surface area (TPSA) is 70.8 Å². The summed E-state index contributed by atoms with van der Waals surface area (Å²) in [6.07, 6.45) is 3.99. The van der Waals surface area contributed by atoms with Crippen LogP contribution in [0.25, 0.3) is 11.0 Å². The number of phenols is 1. The van der Waals surface area contributed by atoms with Crippen molar-refractivity contribution in [1.82, 2.24) is 4.90 Å². The quantitative estimate of drug-likeness (QED) is 0.776. The summed E-state index contributed by atoms with van der Waals surface area (Å²) in [5, 5.41) is 10.7. The third-order valence-electron chi connectivity index (χ3n) is 7.00. The lowest BCUT2D eigenvalue weighted by atomic mass is 9.65. The van der Waals surface area contributed by atoms with Gasteiger partial charge in [0.25, 0.3) is 0 Å². The van der Waals surface area contributed by atoms with Gasteiger partial charge in [-0.2, -0.15) is 0 Å². The van der Waals surface area contributed by atoms with Crippen molar-refractivity contribution >= 4 is 16.9 Å². The van der Waals surface area contributed by atoms with E-state index in [1.165, 1.54) is 0 Å². The van der Waals surface area contributed by atoms with Gasteiger partial charge in [0.1, 0.15) is 11.3 Å². The van der Waals surface area contributed by atoms with Gasteiger partial charge in [0, 0.05) is 35.5 Å². The zero-order chi connectivity index (χ0) is 21.1. The lowest BCUT2D eigenvalue weighted by molar-refractivity contribution is -0.132. The molecule has 1 aliphatic carbocycles. The maximum absolute atomic E-state index is 13.1. The number of hydrogen-bond acceptors (Lipinski definition) is 4. The molecule has 2 fully saturated rings. The summed E-state index contributed by atoms with van der Waals surface area (Å²) < 4.78 is 5.52. The molecule has 0 spiro atoms. The Labute approximate surface area is 171 Å². The number of nitrogens with zero attached hydrogens (tertiary/aromatic N) is 1. The molecule has 5 heteroatoms. The average molecular weight is 398 g/mol. The van der Waals surface area contributed by atoms with Crippen LogP contribution in [-0.2, 0) is 11.2 Å². The Hall–Kier alpha value is -2.30. The number of aromatic hydroxyl groups is 1. The number of likely N-dealkylation sites (tertiary alicyclic amines) is 1. The Kier molecular flexibility index (Phi) is 4.56. The number of fused-ring (bicyclic) bond motifs is 3. The van der Waals surface area contributed by atoms with E-state index in [1.807, 2.05) is 6.92 Å². The molecule has 1 amide bonds. The number of hydrogen-bond donors (Lipinski definition) is 1. The van der Waals surface area contributed by atoms with Gasteiger partial charge < -0.3 is 14.4 Å². The standard InChI is InChI=1S/C24H31NO4/c1-14-17-6-8-19(26)15(2)21(17)29-22(28)18(14)7-9-20(27)25-13-24(5)11-16(25)10-23(3,4)12-24/h6,8,16,26H,7,9-13H2,1-5H3/t16-,24-/m1/s1. The van der Waals surface area contributed by atoms with Crippen LogP contribution in [0.5, 0.6) is 5.75 Å². The molecule has 4 rings (SSSR count). The Morgan fingerprint density at radius 3 is 2.66 bits per heavy atom. The van der Waals surface area contributed by atoms with Gasteiger partial charge in [0.15, 0.2) is 0 Å². The van der Waals surface area contributed by atoms with Gasteiger partial charge >= 0.3 is 5.63 Å². The van der Waals surface area contributed by atoms with Crippen LogP contribution in [0.4, 0.5) is 0 Å². The summed E-state index contributed by atoms with van der Waals surface area (Å²) in [5.74, 6) is 0.247. The van der Waals surface area contributed by atoms with Gasteiger partial charge in [-0.05, 0) is 68.1 Å². The Balaban J connectivity index is 1.55. The molecule has 156 valence electrons. The van der Waals surface area contributed by atoms with Crippen molar-refractivity contribution < 1.29 is 14.3 Å². The van der Waals surface area contributed by atoms with E-state index in [-0.39, 0.29) is 22.5 Å². The number of benzene rings is 1. The number of phenolic OH excluding ortho intramolecular Hbond substituents is 1. The molecule has 2 bridgehead atoms. The highest BCUT2D eigenvalue weighted by molar-refractivity contribution is 5.85. The predicted molar refractivity (Wildman–Crippen MR) is 113 cm³/mol. The van der Waals surface area contributed by atoms with E-state index < -0.39 is 5.63 Å². The second kappa shape index (κ2) is 6.61. The SMILES string of the molecule is Cc1c(CCC(=O)N2C[C@]3(C)C[C@H]2CC(C)(C)C3)c(=O)oc2c(C)c(O)ccc12. The number of rotatable bonds is 3. The summed E-state index contributed by atoms with van der Waals surface area (Å²) >= 11 is 0. The fourth-order valence-corrected chi connectivity index (χ4v) is 5.99. The van der Waals surface area contributed by atoms with Crippen molar-refractivity contribution in [3.8, 4) is 5.75 Å². The van der Waals surface area contributed by atoms with E-state index in [0.717, 1.165) is 36.8 Å². The van der Waals surface area contributed by atoms with Gasteiger partial charge in [-0.3, -0.25) is 4.79 Å². The highest BCUT2D eigenvalue weighted by Crippen LogP contribution is 2.52. The highest BCUT2D eigenvalue weighted by Gasteiger charge is 2.50. The van der Waals surface area contributed by atoms with Crippen LogP contribution < -0.4 is 5.63 Å². The molecule has 2 aliphatic rings. The van der Waals surface area contributed by atoms with Crippen LogP contribution in [0.3, 0.4) is 0 Å². The molecule has 1 aromatic heterocycles. The second-order valence-corrected chi connectivity index (χ2v) is 10.3. The average Bonchev–Trinajstić information content (AvgIpc) is 2.87. The molecule has 2 atom stereocenters. The highest BCUT2D eigenvalue weighted by atomic mass is 16.4. The summed E-state index contributed by atoms with van der Waals surface area (Å²) in [4.78, 5) is 27.7. The van der Waals surface area contributed by atoms with Crippen molar-refractivity contribution in [3.63, 3.8) is 0 Å². The van der Waals surface area contributed by atoms with Crippen molar-refractivity contribution in [1.29, 1.82) is 0 Å². The zero-order valence-corrected chi connectivity index (χ0v) is 18.1. The smallest absolute Gasteiger partial charge is 0.339 e. The molecule has 1 N–H and O–H groups in total. The first kappa shape index (κ1) is 20.0. The van der Waals surface area contributed by atoms with Gasteiger partial charge in [0.05, 0.1) is 0 Å². The van der Waals surface area contributed by atoms with E-state index in [9.17, 15) is 14.7 Å². The molecule has 2 heterocycles. The minimum absolute atomic E-state index is 0.111. The molecule has 1 aromatic carbocycles. The van der Waals surface area contributed by atoms with E-state index in [0.29, 0.717) is 35.6 Å².